The number of nitrogens with zero attached hydrogens (tertiary/aromatic N) is 2. The third-order valence-electron chi connectivity index (χ3n) is 4.96. The van der Waals surface area contributed by atoms with E-state index in [4.69, 9.17) is 4.42 Å². The molecular weight excluding hydrogens is 314 g/mol. The molecule has 1 aromatic carbocycles. The highest BCUT2D eigenvalue weighted by molar-refractivity contribution is 5.95. The van der Waals surface area contributed by atoms with Crippen LogP contribution in [0.1, 0.15) is 51.5 Å². The molecule has 1 aliphatic rings. The van der Waals surface area contributed by atoms with E-state index in [2.05, 4.69) is 33.1 Å². The summed E-state index contributed by atoms with van der Waals surface area (Å²) in [6.07, 6.45) is 7.52. The number of hydrogen-bond donors (Lipinski definition) is 1. The number of imidazole rings is 1. The highest BCUT2D eigenvalue weighted by Crippen LogP contribution is 2.37. The molecule has 0 saturated carbocycles. The Morgan fingerprint density at radius 3 is 2.88 bits per heavy atom. The highest BCUT2D eigenvalue weighted by Gasteiger charge is 2.32. The summed E-state index contributed by atoms with van der Waals surface area (Å²) in [4.78, 5) is 17.1. The summed E-state index contributed by atoms with van der Waals surface area (Å²) in [6, 6.07) is 10.2. The third-order valence-corrected chi connectivity index (χ3v) is 4.96. The summed E-state index contributed by atoms with van der Waals surface area (Å²) in [5, 5.41) is 3.24. The Morgan fingerprint density at radius 1 is 1.32 bits per heavy atom. The van der Waals surface area contributed by atoms with E-state index >= 15 is 0 Å². The molecule has 1 N–H and O–H groups in total. The maximum atomic E-state index is 12.9. The van der Waals surface area contributed by atoms with Gasteiger partial charge in [-0.3, -0.25) is 4.79 Å². The maximum Gasteiger partial charge on any atom is 0.255 e. The second kappa shape index (κ2) is 6.24. The van der Waals surface area contributed by atoms with Crippen LogP contribution in [0.25, 0.3) is 0 Å². The van der Waals surface area contributed by atoms with Crippen LogP contribution in [0.2, 0.25) is 0 Å². The molecule has 2 atom stereocenters. The summed E-state index contributed by atoms with van der Waals surface area (Å²) in [5.41, 5.74) is 3.08. The van der Waals surface area contributed by atoms with Crippen molar-refractivity contribution < 1.29 is 9.21 Å². The summed E-state index contributed by atoms with van der Waals surface area (Å²) < 4.78 is 7.61. The maximum absolute atomic E-state index is 12.9. The average Bonchev–Trinajstić information content (AvgIpc) is 3.24. The van der Waals surface area contributed by atoms with Gasteiger partial charge < -0.3 is 14.3 Å². The number of benzene rings is 1. The van der Waals surface area contributed by atoms with Crippen molar-refractivity contribution in [2.75, 3.05) is 0 Å². The summed E-state index contributed by atoms with van der Waals surface area (Å²) in [6.45, 7) is 3.68. The first-order valence-electron chi connectivity index (χ1n) is 8.56. The Hall–Kier alpha value is -2.82. The molecule has 4 rings (SSSR count). The molecule has 0 spiro atoms. The lowest BCUT2D eigenvalue weighted by molar-refractivity contribution is 0.0916. The number of fused-ring (bicyclic) bond motifs is 1. The molecule has 2 heterocycles. The Morgan fingerprint density at radius 2 is 2.16 bits per heavy atom. The van der Waals surface area contributed by atoms with Crippen LogP contribution in [0.5, 0.6) is 0 Å². The predicted octanol–water partition coefficient (Wildman–Crippen LogP) is 3.75. The van der Waals surface area contributed by atoms with E-state index in [0.29, 0.717) is 11.3 Å². The topological polar surface area (TPSA) is 60.1 Å². The number of furan rings is 1. The van der Waals surface area contributed by atoms with E-state index in [-0.39, 0.29) is 18.0 Å². The number of aryl methyl sites for hydroxylation is 3. The fourth-order valence-electron chi connectivity index (χ4n) is 3.78. The van der Waals surface area contributed by atoms with Gasteiger partial charge in [0.25, 0.3) is 5.91 Å². The predicted molar refractivity (Wildman–Crippen MR) is 94.4 cm³/mol. The first-order valence-corrected chi connectivity index (χ1v) is 8.56. The van der Waals surface area contributed by atoms with Gasteiger partial charge in [0, 0.05) is 12.4 Å². The minimum atomic E-state index is -0.0961. The van der Waals surface area contributed by atoms with Crippen molar-refractivity contribution in [3.63, 3.8) is 0 Å². The second-order valence-electron chi connectivity index (χ2n) is 6.59. The van der Waals surface area contributed by atoms with Crippen molar-refractivity contribution in [2.45, 2.75) is 38.8 Å². The Balaban J connectivity index is 1.70. The standard InChI is InChI=1S/C20H21N3O2/c1-13-11-17(14(2)25-13)20(24)22-19-16-6-4-3-5-15(16)7-8-18(19)23-10-9-21-12-23/h3-6,9-12,18-19H,7-8H2,1-2H3,(H,22,24). The first kappa shape index (κ1) is 15.7. The molecule has 5 heteroatoms. The highest BCUT2D eigenvalue weighted by atomic mass is 16.3. The molecule has 1 amide bonds. The largest absolute Gasteiger partial charge is 0.466 e. The molecule has 0 bridgehead atoms. The van der Waals surface area contributed by atoms with E-state index in [1.165, 1.54) is 11.1 Å². The quantitative estimate of drug-likeness (QED) is 0.793. The lowest BCUT2D eigenvalue weighted by atomic mass is 9.83. The molecule has 0 radical (unpaired) electrons. The van der Waals surface area contributed by atoms with Crippen molar-refractivity contribution in [1.29, 1.82) is 0 Å². The normalized spacial score (nSPS) is 19.4. The number of nitrogens with one attached hydrogen (secondary N) is 1. The van der Waals surface area contributed by atoms with Crippen LogP contribution in [0, 0.1) is 13.8 Å². The molecule has 5 nitrogen and oxygen atoms in total. The molecule has 1 aliphatic carbocycles. The molecule has 128 valence electrons. The van der Waals surface area contributed by atoms with Crippen LogP contribution in [0.4, 0.5) is 0 Å². The van der Waals surface area contributed by atoms with Crippen LogP contribution in [-0.2, 0) is 6.42 Å². The van der Waals surface area contributed by atoms with Crippen LogP contribution >= 0.6 is 0 Å². The van der Waals surface area contributed by atoms with Crippen molar-refractivity contribution in [3.8, 4) is 0 Å². The Labute approximate surface area is 146 Å². The fraction of sp³-hybridized carbons (Fsp3) is 0.300. The van der Waals surface area contributed by atoms with Gasteiger partial charge in [0.05, 0.1) is 24.0 Å². The zero-order valence-electron chi connectivity index (χ0n) is 14.4. The zero-order valence-corrected chi connectivity index (χ0v) is 14.4. The summed E-state index contributed by atoms with van der Waals surface area (Å²) in [5.74, 6) is 1.30. The summed E-state index contributed by atoms with van der Waals surface area (Å²) >= 11 is 0. The van der Waals surface area contributed by atoms with E-state index in [0.717, 1.165) is 18.6 Å². The van der Waals surface area contributed by atoms with Crippen molar-refractivity contribution >= 4 is 5.91 Å². The van der Waals surface area contributed by atoms with Crippen molar-refractivity contribution in [3.05, 3.63) is 77.3 Å². The van der Waals surface area contributed by atoms with Crippen LogP contribution in [0.3, 0.4) is 0 Å². The van der Waals surface area contributed by atoms with Gasteiger partial charge in [-0.1, -0.05) is 24.3 Å². The van der Waals surface area contributed by atoms with Crippen LogP contribution < -0.4 is 5.32 Å². The number of aromatic nitrogens is 2. The van der Waals surface area contributed by atoms with Gasteiger partial charge in [-0.15, -0.1) is 0 Å². The van der Waals surface area contributed by atoms with Crippen LogP contribution in [0.15, 0.2) is 53.5 Å². The molecule has 0 saturated heterocycles. The monoisotopic (exact) mass is 335 g/mol. The smallest absolute Gasteiger partial charge is 0.255 e. The van der Waals surface area contributed by atoms with Gasteiger partial charge >= 0.3 is 0 Å². The molecule has 0 aliphatic heterocycles. The molecule has 2 unspecified atom stereocenters. The van der Waals surface area contributed by atoms with Gasteiger partial charge in [0.15, 0.2) is 0 Å². The van der Waals surface area contributed by atoms with E-state index < -0.39 is 0 Å². The van der Waals surface area contributed by atoms with Gasteiger partial charge in [-0.2, -0.15) is 0 Å². The molecule has 2 aromatic heterocycles. The number of rotatable bonds is 3. The summed E-state index contributed by atoms with van der Waals surface area (Å²) in [7, 11) is 0. The van der Waals surface area contributed by atoms with Gasteiger partial charge in [-0.25, -0.2) is 4.98 Å². The Kier molecular flexibility index (Phi) is 3.92. The Bertz CT molecular complexity index is 896. The van der Waals surface area contributed by atoms with Crippen molar-refractivity contribution in [1.82, 2.24) is 14.9 Å². The molecule has 25 heavy (non-hydrogen) atoms. The SMILES string of the molecule is Cc1cc(C(=O)NC2c3ccccc3CCC2n2ccnc2)c(C)o1. The van der Waals surface area contributed by atoms with Gasteiger partial charge in [0.1, 0.15) is 11.5 Å². The molecule has 3 aromatic rings. The van der Waals surface area contributed by atoms with Gasteiger partial charge in [0.2, 0.25) is 0 Å². The number of carbonyl (C=O) groups excluding carboxylic acids is 1. The third kappa shape index (κ3) is 2.86. The van der Waals surface area contributed by atoms with Crippen molar-refractivity contribution in [2.24, 2.45) is 0 Å². The number of hydrogen-bond acceptors (Lipinski definition) is 3. The minimum absolute atomic E-state index is 0.0961. The number of carbonyl (C=O) groups is 1. The zero-order chi connectivity index (χ0) is 17.4. The average molecular weight is 335 g/mol. The fourth-order valence-corrected chi connectivity index (χ4v) is 3.78. The first-order chi connectivity index (χ1) is 12.1. The molecule has 0 fully saturated rings. The second-order valence-corrected chi connectivity index (χ2v) is 6.59. The van der Waals surface area contributed by atoms with Gasteiger partial charge in [-0.05, 0) is 43.9 Å². The minimum Gasteiger partial charge on any atom is -0.466 e. The molecular formula is C20H21N3O2. The van der Waals surface area contributed by atoms with E-state index in [1.54, 1.807) is 12.3 Å². The number of amides is 1. The lowest BCUT2D eigenvalue weighted by Crippen LogP contribution is -2.37. The van der Waals surface area contributed by atoms with Crippen LogP contribution in [-0.4, -0.2) is 15.5 Å². The lowest BCUT2D eigenvalue weighted by Gasteiger charge is -2.35. The van der Waals surface area contributed by atoms with E-state index in [1.807, 2.05) is 32.4 Å². The van der Waals surface area contributed by atoms with E-state index in [9.17, 15) is 4.79 Å².